The van der Waals surface area contributed by atoms with Crippen molar-refractivity contribution in [1.29, 1.82) is 0 Å². The molecular formula is C22H18N4O2. The molecule has 0 aliphatic heterocycles. The van der Waals surface area contributed by atoms with Gasteiger partial charge in [0.1, 0.15) is 17.3 Å². The van der Waals surface area contributed by atoms with E-state index in [1.807, 2.05) is 54.6 Å². The summed E-state index contributed by atoms with van der Waals surface area (Å²) in [5.74, 6) is 2.22. The van der Waals surface area contributed by atoms with Gasteiger partial charge < -0.3 is 20.4 Å². The quantitative estimate of drug-likeness (QED) is 0.433. The van der Waals surface area contributed by atoms with Crippen LogP contribution in [0.15, 0.2) is 91.3 Å². The Balaban J connectivity index is 1.35. The van der Waals surface area contributed by atoms with Gasteiger partial charge in [-0.25, -0.2) is 9.78 Å². The average molecular weight is 370 g/mol. The number of urea groups is 1. The summed E-state index contributed by atoms with van der Waals surface area (Å²) < 4.78 is 5.85. The van der Waals surface area contributed by atoms with Gasteiger partial charge in [-0.05, 0) is 60.7 Å². The number of carbonyl (C=O) groups excluding carboxylic acids is 1. The topological polar surface area (TPSA) is 79.0 Å². The summed E-state index contributed by atoms with van der Waals surface area (Å²) in [6.07, 6.45) is 3.50. The fourth-order valence-corrected chi connectivity index (χ4v) is 2.66. The standard InChI is InChI=1S/C22H18N4O2/c27-22(25-17-4-2-1-3-5-17)26-18-8-12-20(13-9-18)28-19-10-6-16(7-11-19)21-23-14-15-24-21/h1-15H,(H,23,24)(H2,25,26,27). The van der Waals surface area contributed by atoms with E-state index >= 15 is 0 Å². The minimum Gasteiger partial charge on any atom is -0.457 e. The fraction of sp³-hybridized carbons (Fsp3) is 0. The smallest absolute Gasteiger partial charge is 0.323 e. The van der Waals surface area contributed by atoms with E-state index in [0.717, 1.165) is 22.8 Å². The molecule has 0 fully saturated rings. The number of aromatic amines is 1. The number of aromatic nitrogens is 2. The monoisotopic (exact) mass is 370 g/mol. The van der Waals surface area contributed by atoms with Gasteiger partial charge in [0.2, 0.25) is 0 Å². The van der Waals surface area contributed by atoms with E-state index in [9.17, 15) is 4.79 Å². The first-order valence-electron chi connectivity index (χ1n) is 8.77. The van der Waals surface area contributed by atoms with E-state index in [1.165, 1.54) is 0 Å². The normalized spacial score (nSPS) is 10.3. The summed E-state index contributed by atoms with van der Waals surface area (Å²) in [4.78, 5) is 19.3. The summed E-state index contributed by atoms with van der Waals surface area (Å²) in [5, 5.41) is 5.56. The van der Waals surface area contributed by atoms with Crippen molar-refractivity contribution in [3.8, 4) is 22.9 Å². The number of anilines is 2. The number of ether oxygens (including phenoxy) is 1. The van der Waals surface area contributed by atoms with Crippen LogP contribution in [0.3, 0.4) is 0 Å². The van der Waals surface area contributed by atoms with Crippen LogP contribution in [0, 0.1) is 0 Å². The molecule has 28 heavy (non-hydrogen) atoms. The molecule has 0 bridgehead atoms. The van der Waals surface area contributed by atoms with Gasteiger partial charge in [-0.3, -0.25) is 0 Å². The molecule has 0 radical (unpaired) electrons. The average Bonchev–Trinajstić information content (AvgIpc) is 3.26. The van der Waals surface area contributed by atoms with E-state index in [-0.39, 0.29) is 6.03 Å². The zero-order valence-electron chi connectivity index (χ0n) is 14.9. The minimum absolute atomic E-state index is 0.298. The van der Waals surface area contributed by atoms with Gasteiger partial charge in [-0.1, -0.05) is 18.2 Å². The van der Waals surface area contributed by atoms with Gasteiger partial charge >= 0.3 is 6.03 Å². The van der Waals surface area contributed by atoms with Crippen molar-refractivity contribution in [3.05, 3.63) is 91.3 Å². The molecule has 4 aromatic rings. The largest absolute Gasteiger partial charge is 0.457 e. The number of rotatable bonds is 5. The van der Waals surface area contributed by atoms with Crippen molar-refractivity contribution >= 4 is 17.4 Å². The second-order valence-electron chi connectivity index (χ2n) is 6.03. The molecule has 0 atom stereocenters. The summed E-state index contributed by atoms with van der Waals surface area (Å²) in [6, 6.07) is 23.8. The Bertz CT molecular complexity index is 1030. The van der Waals surface area contributed by atoms with Crippen molar-refractivity contribution < 1.29 is 9.53 Å². The zero-order chi connectivity index (χ0) is 19.2. The van der Waals surface area contributed by atoms with Gasteiger partial charge in [-0.15, -0.1) is 0 Å². The minimum atomic E-state index is -0.298. The van der Waals surface area contributed by atoms with Crippen molar-refractivity contribution in [3.63, 3.8) is 0 Å². The fourth-order valence-electron chi connectivity index (χ4n) is 2.66. The van der Waals surface area contributed by atoms with Crippen molar-refractivity contribution in [2.45, 2.75) is 0 Å². The van der Waals surface area contributed by atoms with Crippen LogP contribution in [0.5, 0.6) is 11.5 Å². The predicted octanol–water partition coefficient (Wildman–Crippen LogP) is 5.51. The number of para-hydroxylation sites is 1. The second kappa shape index (κ2) is 8.09. The third kappa shape index (κ3) is 4.37. The molecule has 0 saturated carbocycles. The van der Waals surface area contributed by atoms with Crippen LogP contribution < -0.4 is 15.4 Å². The van der Waals surface area contributed by atoms with Crippen LogP contribution in [0.25, 0.3) is 11.4 Å². The molecule has 0 saturated heterocycles. The first-order valence-corrected chi connectivity index (χ1v) is 8.77. The highest BCUT2D eigenvalue weighted by Crippen LogP contribution is 2.25. The Morgan fingerprint density at radius 1 is 0.786 bits per heavy atom. The highest BCUT2D eigenvalue weighted by atomic mass is 16.5. The lowest BCUT2D eigenvalue weighted by molar-refractivity contribution is 0.262. The van der Waals surface area contributed by atoms with Crippen LogP contribution >= 0.6 is 0 Å². The van der Waals surface area contributed by atoms with Crippen molar-refractivity contribution in [2.75, 3.05) is 10.6 Å². The molecule has 138 valence electrons. The summed E-state index contributed by atoms with van der Waals surface area (Å²) in [5.41, 5.74) is 2.40. The number of H-pyrrole nitrogens is 1. The molecule has 3 aromatic carbocycles. The molecule has 6 nitrogen and oxygen atoms in total. The highest BCUT2D eigenvalue weighted by molar-refractivity contribution is 5.99. The van der Waals surface area contributed by atoms with Crippen LogP contribution in [-0.4, -0.2) is 16.0 Å². The Labute approximate surface area is 162 Å². The molecule has 6 heteroatoms. The molecular weight excluding hydrogens is 352 g/mol. The third-order valence-electron chi connectivity index (χ3n) is 4.01. The van der Waals surface area contributed by atoms with Crippen LogP contribution in [0.2, 0.25) is 0 Å². The van der Waals surface area contributed by atoms with Gasteiger partial charge in [0.05, 0.1) is 0 Å². The Morgan fingerprint density at radius 2 is 1.39 bits per heavy atom. The molecule has 1 aromatic heterocycles. The number of imidazole rings is 1. The molecule has 0 aliphatic carbocycles. The van der Waals surface area contributed by atoms with E-state index in [0.29, 0.717) is 11.4 Å². The second-order valence-corrected chi connectivity index (χ2v) is 6.03. The number of hydrogen-bond donors (Lipinski definition) is 3. The molecule has 3 N–H and O–H groups in total. The molecule has 4 rings (SSSR count). The van der Waals surface area contributed by atoms with E-state index in [4.69, 9.17) is 4.74 Å². The van der Waals surface area contributed by atoms with E-state index in [1.54, 1.807) is 36.7 Å². The number of benzene rings is 3. The maximum Gasteiger partial charge on any atom is 0.323 e. The maximum absolute atomic E-state index is 12.0. The number of hydrogen-bond acceptors (Lipinski definition) is 3. The maximum atomic E-state index is 12.0. The zero-order valence-corrected chi connectivity index (χ0v) is 14.9. The van der Waals surface area contributed by atoms with Gasteiger partial charge in [0, 0.05) is 29.3 Å². The van der Waals surface area contributed by atoms with Crippen LogP contribution in [0.1, 0.15) is 0 Å². The molecule has 2 amide bonds. The third-order valence-corrected chi connectivity index (χ3v) is 4.01. The lowest BCUT2D eigenvalue weighted by Crippen LogP contribution is -2.19. The van der Waals surface area contributed by atoms with Gasteiger partial charge in [-0.2, -0.15) is 0 Å². The van der Waals surface area contributed by atoms with Crippen molar-refractivity contribution in [1.82, 2.24) is 9.97 Å². The van der Waals surface area contributed by atoms with Gasteiger partial charge in [0.25, 0.3) is 0 Å². The number of nitrogens with zero attached hydrogens (tertiary/aromatic N) is 1. The van der Waals surface area contributed by atoms with Crippen molar-refractivity contribution in [2.24, 2.45) is 0 Å². The van der Waals surface area contributed by atoms with E-state index < -0.39 is 0 Å². The number of amides is 2. The molecule has 0 spiro atoms. The summed E-state index contributed by atoms with van der Waals surface area (Å²) in [6.45, 7) is 0. The molecule has 0 aliphatic rings. The van der Waals surface area contributed by atoms with E-state index in [2.05, 4.69) is 20.6 Å². The number of carbonyl (C=O) groups is 1. The first kappa shape index (κ1) is 17.4. The Kier molecular flexibility index (Phi) is 5.02. The summed E-state index contributed by atoms with van der Waals surface area (Å²) >= 11 is 0. The highest BCUT2D eigenvalue weighted by Gasteiger charge is 2.04. The van der Waals surface area contributed by atoms with Gasteiger partial charge in [0.15, 0.2) is 0 Å². The first-order chi connectivity index (χ1) is 13.8. The lowest BCUT2D eigenvalue weighted by atomic mass is 10.2. The SMILES string of the molecule is O=C(Nc1ccccc1)Nc1ccc(Oc2ccc(-c3ncc[nH]3)cc2)cc1. The molecule has 1 heterocycles. The van der Waals surface area contributed by atoms with Crippen LogP contribution in [-0.2, 0) is 0 Å². The summed E-state index contributed by atoms with van der Waals surface area (Å²) in [7, 11) is 0. The Morgan fingerprint density at radius 3 is 2.00 bits per heavy atom. The van der Waals surface area contributed by atoms with Crippen LogP contribution in [0.4, 0.5) is 16.2 Å². The lowest BCUT2D eigenvalue weighted by Gasteiger charge is -2.09. The predicted molar refractivity (Wildman–Crippen MR) is 110 cm³/mol. The number of nitrogens with one attached hydrogen (secondary N) is 3. The Hall–Kier alpha value is -4.06. The molecule has 0 unspecified atom stereocenters.